The van der Waals surface area contributed by atoms with Crippen LogP contribution in [0.3, 0.4) is 0 Å². The quantitative estimate of drug-likeness (QED) is 0.181. The molecule has 6 nitrogen and oxygen atoms in total. The molecule has 2 heterocycles. The zero-order valence-electron chi connectivity index (χ0n) is 19.0. The van der Waals surface area contributed by atoms with Gasteiger partial charge in [0.2, 0.25) is 5.16 Å². The SMILES string of the molecule is O=C(Nc1cc(C(F)(F)F)cc(C(F)(F)F)c1)c1ccc(CSc2nnc3c(n2)[nH]c2ccccc23)cc1. The number of rotatable bonds is 5. The van der Waals surface area contributed by atoms with Crippen LogP contribution in [0.4, 0.5) is 32.0 Å². The van der Waals surface area contributed by atoms with Crippen molar-refractivity contribution in [3.63, 3.8) is 0 Å². The zero-order valence-corrected chi connectivity index (χ0v) is 19.8. The molecule has 0 radical (unpaired) electrons. The van der Waals surface area contributed by atoms with E-state index in [1.54, 1.807) is 12.1 Å². The van der Waals surface area contributed by atoms with E-state index in [0.29, 0.717) is 34.2 Å². The molecule has 2 aromatic heterocycles. The second-order valence-corrected chi connectivity index (χ2v) is 9.14. The van der Waals surface area contributed by atoms with Gasteiger partial charge in [0.1, 0.15) is 5.52 Å². The Morgan fingerprint density at radius 3 is 2.18 bits per heavy atom. The lowest BCUT2D eigenvalue weighted by atomic mass is 10.1. The minimum Gasteiger partial charge on any atom is -0.338 e. The number of fused-ring (bicyclic) bond motifs is 3. The van der Waals surface area contributed by atoms with Gasteiger partial charge in [-0.2, -0.15) is 26.3 Å². The fraction of sp³-hybridized carbons (Fsp3) is 0.120. The largest absolute Gasteiger partial charge is 0.416 e. The van der Waals surface area contributed by atoms with Crippen LogP contribution in [-0.4, -0.2) is 26.1 Å². The Kier molecular flexibility index (Phi) is 6.47. The summed E-state index contributed by atoms with van der Waals surface area (Å²) in [7, 11) is 0. The molecule has 5 rings (SSSR count). The number of carbonyl (C=O) groups is 1. The zero-order chi connectivity index (χ0) is 27.1. The molecule has 0 fully saturated rings. The Bertz CT molecular complexity index is 1610. The summed E-state index contributed by atoms with van der Waals surface area (Å²) < 4.78 is 78.4. The van der Waals surface area contributed by atoms with E-state index in [4.69, 9.17) is 0 Å². The number of halogens is 6. The topological polar surface area (TPSA) is 83.6 Å². The average molecular weight is 547 g/mol. The third kappa shape index (κ3) is 5.42. The number of aromatic amines is 1. The molecule has 1 amide bonds. The second-order valence-electron chi connectivity index (χ2n) is 8.20. The number of amides is 1. The van der Waals surface area contributed by atoms with Crippen molar-refractivity contribution < 1.29 is 31.1 Å². The molecular formula is C25H15F6N5OS. The molecule has 0 spiro atoms. The molecule has 5 aromatic rings. The monoisotopic (exact) mass is 547 g/mol. The number of anilines is 1. The summed E-state index contributed by atoms with van der Waals surface area (Å²) in [5.74, 6) is -0.425. The van der Waals surface area contributed by atoms with Crippen molar-refractivity contribution in [2.24, 2.45) is 0 Å². The number of hydrogen-bond acceptors (Lipinski definition) is 5. The van der Waals surface area contributed by atoms with E-state index in [9.17, 15) is 31.1 Å². The van der Waals surface area contributed by atoms with Crippen LogP contribution in [0, 0.1) is 0 Å². The summed E-state index contributed by atoms with van der Waals surface area (Å²) >= 11 is 1.30. The third-order valence-electron chi connectivity index (χ3n) is 5.53. The molecule has 0 saturated carbocycles. The average Bonchev–Trinajstić information content (AvgIpc) is 3.24. The summed E-state index contributed by atoms with van der Waals surface area (Å²) in [6.45, 7) is 0. The van der Waals surface area contributed by atoms with Crippen molar-refractivity contribution >= 4 is 45.4 Å². The van der Waals surface area contributed by atoms with Crippen LogP contribution in [0.15, 0.2) is 71.9 Å². The van der Waals surface area contributed by atoms with Gasteiger partial charge in [-0.3, -0.25) is 4.79 Å². The molecule has 2 N–H and O–H groups in total. The van der Waals surface area contributed by atoms with E-state index < -0.39 is 35.1 Å². The number of para-hydroxylation sites is 1. The van der Waals surface area contributed by atoms with Crippen molar-refractivity contribution in [1.82, 2.24) is 20.2 Å². The van der Waals surface area contributed by atoms with Crippen molar-refractivity contribution in [3.05, 3.63) is 89.0 Å². The fourth-order valence-electron chi connectivity index (χ4n) is 3.70. The molecular weight excluding hydrogens is 532 g/mol. The maximum atomic E-state index is 13.1. The van der Waals surface area contributed by atoms with Crippen molar-refractivity contribution in [1.29, 1.82) is 0 Å². The van der Waals surface area contributed by atoms with Crippen LogP contribution in [0.25, 0.3) is 22.1 Å². The van der Waals surface area contributed by atoms with E-state index in [2.05, 4.69) is 25.5 Å². The van der Waals surface area contributed by atoms with Gasteiger partial charge in [0, 0.05) is 27.9 Å². The van der Waals surface area contributed by atoms with Crippen LogP contribution >= 0.6 is 11.8 Å². The molecule has 13 heteroatoms. The van der Waals surface area contributed by atoms with Crippen LogP contribution < -0.4 is 5.32 Å². The minimum absolute atomic E-state index is 0.00273. The van der Waals surface area contributed by atoms with Gasteiger partial charge in [-0.05, 0) is 42.0 Å². The lowest BCUT2D eigenvalue weighted by Crippen LogP contribution is -2.16. The van der Waals surface area contributed by atoms with Gasteiger partial charge in [0.05, 0.1) is 11.1 Å². The molecule has 0 aliphatic rings. The normalized spacial score (nSPS) is 12.3. The summed E-state index contributed by atoms with van der Waals surface area (Å²) in [6.07, 6.45) is -10.0. The molecule has 0 aliphatic heterocycles. The maximum absolute atomic E-state index is 13.1. The molecule has 0 unspecified atom stereocenters. The Balaban J connectivity index is 1.27. The fourth-order valence-corrected chi connectivity index (χ4v) is 4.44. The summed E-state index contributed by atoms with van der Waals surface area (Å²) in [5, 5.41) is 11.8. The van der Waals surface area contributed by atoms with Crippen molar-refractivity contribution in [3.8, 4) is 0 Å². The first-order valence-corrected chi connectivity index (χ1v) is 11.9. The Hall–Kier alpha value is -4.13. The van der Waals surface area contributed by atoms with Gasteiger partial charge in [-0.25, -0.2) is 4.98 Å². The lowest BCUT2D eigenvalue weighted by Gasteiger charge is -2.15. The molecule has 0 bridgehead atoms. The van der Waals surface area contributed by atoms with Gasteiger partial charge < -0.3 is 10.3 Å². The first-order valence-electron chi connectivity index (χ1n) is 10.9. The first kappa shape index (κ1) is 25.5. The van der Waals surface area contributed by atoms with Crippen molar-refractivity contribution in [2.75, 3.05) is 5.32 Å². The molecule has 194 valence electrons. The lowest BCUT2D eigenvalue weighted by molar-refractivity contribution is -0.143. The summed E-state index contributed by atoms with van der Waals surface area (Å²) in [4.78, 5) is 20.2. The molecule has 0 atom stereocenters. The van der Waals surface area contributed by atoms with Gasteiger partial charge in [-0.1, -0.05) is 42.1 Å². The van der Waals surface area contributed by atoms with Crippen LogP contribution in [0.1, 0.15) is 27.0 Å². The number of carbonyl (C=O) groups excluding carboxylic acids is 1. The van der Waals surface area contributed by atoms with E-state index in [1.165, 1.54) is 23.9 Å². The maximum Gasteiger partial charge on any atom is 0.416 e. The predicted molar refractivity (Wildman–Crippen MR) is 130 cm³/mol. The highest BCUT2D eigenvalue weighted by molar-refractivity contribution is 7.98. The smallest absolute Gasteiger partial charge is 0.338 e. The summed E-state index contributed by atoms with van der Waals surface area (Å²) in [6, 6.07) is 14.6. The van der Waals surface area contributed by atoms with Gasteiger partial charge in [0.25, 0.3) is 5.91 Å². The first-order chi connectivity index (χ1) is 18.0. The Morgan fingerprint density at radius 2 is 1.53 bits per heavy atom. The van der Waals surface area contributed by atoms with E-state index in [1.807, 2.05) is 24.3 Å². The van der Waals surface area contributed by atoms with Gasteiger partial charge in [0.15, 0.2) is 5.65 Å². The van der Waals surface area contributed by atoms with Crippen molar-refractivity contribution in [2.45, 2.75) is 23.3 Å². The molecule has 0 aliphatic carbocycles. The van der Waals surface area contributed by atoms with Crippen LogP contribution in [0.2, 0.25) is 0 Å². The predicted octanol–water partition coefficient (Wildman–Crippen LogP) is 7.09. The number of aromatic nitrogens is 4. The van der Waals surface area contributed by atoms with E-state index in [-0.39, 0.29) is 11.6 Å². The number of benzene rings is 3. The molecule has 0 saturated heterocycles. The number of hydrogen-bond donors (Lipinski definition) is 2. The standard InChI is InChI=1S/C25H15F6N5OS/c26-24(27,28)15-9-16(25(29,30)31)11-17(10-15)32-22(37)14-7-5-13(6-8-14)12-38-23-34-21-20(35-36-23)18-3-1-2-4-19(18)33-21/h1-11H,12H2,(H,32,37)(H,33,34,36). The minimum atomic E-state index is -5.02. The Labute approximate surface area is 214 Å². The van der Waals surface area contributed by atoms with Gasteiger partial charge >= 0.3 is 12.4 Å². The number of H-pyrrole nitrogens is 1. The highest BCUT2D eigenvalue weighted by atomic mass is 32.2. The number of alkyl halides is 6. The highest BCUT2D eigenvalue weighted by Crippen LogP contribution is 2.37. The molecule has 38 heavy (non-hydrogen) atoms. The summed E-state index contributed by atoms with van der Waals surface area (Å²) in [5.41, 5.74) is -0.668. The third-order valence-corrected chi connectivity index (χ3v) is 6.44. The number of nitrogens with zero attached hydrogens (tertiary/aromatic N) is 3. The van der Waals surface area contributed by atoms with Crippen LogP contribution in [-0.2, 0) is 18.1 Å². The van der Waals surface area contributed by atoms with E-state index in [0.717, 1.165) is 16.5 Å². The molecule has 3 aromatic carbocycles. The van der Waals surface area contributed by atoms with E-state index >= 15 is 0 Å². The highest BCUT2D eigenvalue weighted by Gasteiger charge is 2.37. The van der Waals surface area contributed by atoms with Crippen LogP contribution in [0.5, 0.6) is 0 Å². The van der Waals surface area contributed by atoms with Gasteiger partial charge in [-0.15, -0.1) is 10.2 Å². The Morgan fingerprint density at radius 1 is 0.868 bits per heavy atom. The number of nitrogens with one attached hydrogen (secondary N) is 2. The second kappa shape index (κ2) is 9.63. The number of thioether (sulfide) groups is 1.